The Hall–Kier alpha value is -1.58. The van der Waals surface area contributed by atoms with Gasteiger partial charge in [0.15, 0.2) is 0 Å². The van der Waals surface area contributed by atoms with Crippen LogP contribution in [0.25, 0.3) is 16.9 Å². The molecule has 2 aromatic carbocycles. The van der Waals surface area contributed by atoms with Gasteiger partial charge in [0.1, 0.15) is 0 Å². The first-order chi connectivity index (χ1) is 9.78. The van der Waals surface area contributed by atoms with E-state index in [9.17, 15) is 0 Å². The summed E-state index contributed by atoms with van der Waals surface area (Å²) in [6.45, 7) is 0. The van der Waals surface area contributed by atoms with Crippen molar-refractivity contribution in [2.45, 2.75) is 5.33 Å². The van der Waals surface area contributed by atoms with Crippen molar-refractivity contribution in [1.29, 1.82) is 0 Å². The molecule has 0 aliphatic rings. The SMILES string of the molecule is Clc1cccc(-c2cc(CBr)n(-c3ccccc3)n2)c1. The number of rotatable bonds is 3. The fourth-order valence-electron chi connectivity index (χ4n) is 2.10. The van der Waals surface area contributed by atoms with Gasteiger partial charge in [0.2, 0.25) is 0 Å². The summed E-state index contributed by atoms with van der Waals surface area (Å²) in [6, 6.07) is 19.9. The Morgan fingerprint density at radius 2 is 1.80 bits per heavy atom. The van der Waals surface area contributed by atoms with Gasteiger partial charge in [-0.2, -0.15) is 5.10 Å². The number of benzene rings is 2. The van der Waals surface area contributed by atoms with Crippen LogP contribution < -0.4 is 0 Å². The minimum Gasteiger partial charge on any atom is -0.236 e. The van der Waals surface area contributed by atoms with E-state index in [-0.39, 0.29) is 0 Å². The molecule has 0 unspecified atom stereocenters. The van der Waals surface area contributed by atoms with E-state index in [1.807, 2.05) is 59.3 Å². The van der Waals surface area contributed by atoms with Crippen LogP contribution in [0, 0.1) is 0 Å². The van der Waals surface area contributed by atoms with Crippen molar-refractivity contribution in [3.05, 3.63) is 71.4 Å². The van der Waals surface area contributed by atoms with Crippen LogP contribution in [0.2, 0.25) is 5.02 Å². The molecule has 1 aromatic heterocycles. The Morgan fingerprint density at radius 1 is 1.00 bits per heavy atom. The second kappa shape index (κ2) is 5.81. The molecule has 0 fully saturated rings. The molecule has 0 N–H and O–H groups in total. The average molecular weight is 348 g/mol. The number of nitrogens with zero attached hydrogens (tertiary/aromatic N) is 2. The maximum atomic E-state index is 6.05. The molecule has 0 radical (unpaired) electrons. The zero-order valence-corrected chi connectivity index (χ0v) is 13.0. The normalized spacial score (nSPS) is 10.7. The Kier molecular flexibility index (Phi) is 3.90. The first-order valence-corrected chi connectivity index (χ1v) is 7.74. The van der Waals surface area contributed by atoms with Gasteiger partial charge in [0.05, 0.1) is 17.1 Å². The van der Waals surface area contributed by atoms with Gasteiger partial charge in [0.25, 0.3) is 0 Å². The molecule has 0 saturated heterocycles. The summed E-state index contributed by atoms with van der Waals surface area (Å²) >= 11 is 9.57. The summed E-state index contributed by atoms with van der Waals surface area (Å²) < 4.78 is 1.95. The Balaban J connectivity index is 2.10. The van der Waals surface area contributed by atoms with Crippen molar-refractivity contribution in [1.82, 2.24) is 9.78 Å². The van der Waals surface area contributed by atoms with Gasteiger partial charge < -0.3 is 0 Å². The smallest absolute Gasteiger partial charge is 0.0931 e. The van der Waals surface area contributed by atoms with Crippen LogP contribution in [0.4, 0.5) is 0 Å². The predicted octanol–water partition coefficient (Wildman–Crippen LogP) is 5.09. The Labute approximate surface area is 131 Å². The minimum atomic E-state index is 0.720. The highest BCUT2D eigenvalue weighted by atomic mass is 79.9. The predicted molar refractivity (Wildman–Crippen MR) is 86.6 cm³/mol. The number of alkyl halides is 1. The molecule has 0 aliphatic heterocycles. The summed E-state index contributed by atoms with van der Waals surface area (Å²) in [5, 5.41) is 6.16. The molecule has 2 nitrogen and oxygen atoms in total. The lowest BCUT2D eigenvalue weighted by atomic mass is 10.1. The third kappa shape index (κ3) is 2.65. The standard InChI is InChI=1S/C16H12BrClN2/c17-11-15-10-16(12-5-4-6-13(18)9-12)19-20(15)14-7-2-1-3-8-14/h1-10H,11H2. The molecule has 0 bridgehead atoms. The monoisotopic (exact) mass is 346 g/mol. The fourth-order valence-corrected chi connectivity index (χ4v) is 2.69. The number of aromatic nitrogens is 2. The summed E-state index contributed by atoms with van der Waals surface area (Å²) in [5.74, 6) is 0. The molecule has 3 rings (SSSR count). The highest BCUT2D eigenvalue weighted by Crippen LogP contribution is 2.25. The van der Waals surface area contributed by atoms with E-state index >= 15 is 0 Å². The number of halogens is 2. The number of para-hydroxylation sites is 1. The third-order valence-corrected chi connectivity index (χ3v) is 3.85. The zero-order valence-electron chi connectivity index (χ0n) is 10.6. The molecule has 1 heterocycles. The fraction of sp³-hybridized carbons (Fsp3) is 0.0625. The first-order valence-electron chi connectivity index (χ1n) is 6.24. The van der Waals surface area contributed by atoms with Gasteiger partial charge in [-0.25, -0.2) is 4.68 Å². The van der Waals surface area contributed by atoms with Crippen molar-refractivity contribution in [3.63, 3.8) is 0 Å². The van der Waals surface area contributed by atoms with Crippen molar-refractivity contribution < 1.29 is 0 Å². The van der Waals surface area contributed by atoms with Gasteiger partial charge in [-0.1, -0.05) is 57.9 Å². The molecule has 3 aromatic rings. The molecule has 0 amide bonds. The lowest BCUT2D eigenvalue weighted by molar-refractivity contribution is 0.846. The summed E-state index contributed by atoms with van der Waals surface area (Å²) in [5.41, 5.74) is 4.10. The molecule has 0 aliphatic carbocycles. The van der Waals surface area contributed by atoms with E-state index in [1.165, 1.54) is 0 Å². The van der Waals surface area contributed by atoms with Crippen LogP contribution in [-0.2, 0) is 5.33 Å². The van der Waals surface area contributed by atoms with Crippen LogP contribution in [0.5, 0.6) is 0 Å². The summed E-state index contributed by atoms with van der Waals surface area (Å²) in [4.78, 5) is 0. The van der Waals surface area contributed by atoms with Gasteiger partial charge >= 0.3 is 0 Å². The van der Waals surface area contributed by atoms with E-state index in [1.54, 1.807) is 0 Å². The van der Waals surface area contributed by atoms with Crippen LogP contribution in [-0.4, -0.2) is 9.78 Å². The molecule has 20 heavy (non-hydrogen) atoms. The molecule has 0 spiro atoms. The molecule has 100 valence electrons. The largest absolute Gasteiger partial charge is 0.236 e. The second-order valence-corrected chi connectivity index (χ2v) is 5.41. The van der Waals surface area contributed by atoms with E-state index < -0.39 is 0 Å². The lowest BCUT2D eigenvalue weighted by Gasteiger charge is -2.04. The van der Waals surface area contributed by atoms with E-state index in [2.05, 4.69) is 22.0 Å². The van der Waals surface area contributed by atoms with Gasteiger partial charge in [-0.3, -0.25) is 0 Å². The van der Waals surface area contributed by atoms with E-state index in [0.29, 0.717) is 0 Å². The highest BCUT2D eigenvalue weighted by molar-refractivity contribution is 9.08. The first kappa shape index (κ1) is 13.4. The van der Waals surface area contributed by atoms with E-state index in [0.717, 1.165) is 33.0 Å². The van der Waals surface area contributed by atoms with E-state index in [4.69, 9.17) is 16.7 Å². The Bertz CT molecular complexity index is 722. The maximum absolute atomic E-state index is 6.05. The molecule has 0 saturated carbocycles. The summed E-state index contributed by atoms with van der Waals surface area (Å²) in [6.07, 6.45) is 0. The summed E-state index contributed by atoms with van der Waals surface area (Å²) in [7, 11) is 0. The van der Waals surface area contributed by atoms with Crippen LogP contribution in [0.15, 0.2) is 60.7 Å². The van der Waals surface area contributed by atoms with Crippen LogP contribution >= 0.6 is 27.5 Å². The zero-order chi connectivity index (χ0) is 13.9. The minimum absolute atomic E-state index is 0.720. The second-order valence-electron chi connectivity index (χ2n) is 4.41. The van der Waals surface area contributed by atoms with Crippen molar-refractivity contribution in [2.75, 3.05) is 0 Å². The van der Waals surface area contributed by atoms with Crippen molar-refractivity contribution >= 4 is 27.5 Å². The van der Waals surface area contributed by atoms with Gasteiger partial charge in [-0.05, 0) is 30.3 Å². The lowest BCUT2D eigenvalue weighted by Crippen LogP contribution is -1.99. The molecule has 4 heteroatoms. The highest BCUT2D eigenvalue weighted by Gasteiger charge is 2.10. The van der Waals surface area contributed by atoms with Crippen molar-refractivity contribution in [3.8, 4) is 16.9 Å². The van der Waals surface area contributed by atoms with Crippen LogP contribution in [0.3, 0.4) is 0 Å². The molecular weight excluding hydrogens is 336 g/mol. The quantitative estimate of drug-likeness (QED) is 0.604. The maximum Gasteiger partial charge on any atom is 0.0931 e. The topological polar surface area (TPSA) is 17.8 Å². The number of hydrogen-bond donors (Lipinski definition) is 0. The van der Waals surface area contributed by atoms with Crippen molar-refractivity contribution in [2.24, 2.45) is 0 Å². The van der Waals surface area contributed by atoms with Crippen LogP contribution in [0.1, 0.15) is 5.69 Å². The average Bonchev–Trinajstić information content (AvgIpc) is 2.92. The van der Waals surface area contributed by atoms with Gasteiger partial charge in [-0.15, -0.1) is 0 Å². The number of hydrogen-bond acceptors (Lipinski definition) is 1. The Morgan fingerprint density at radius 3 is 2.50 bits per heavy atom. The third-order valence-electron chi connectivity index (χ3n) is 3.04. The van der Waals surface area contributed by atoms with Gasteiger partial charge in [0, 0.05) is 15.9 Å². The molecule has 0 atom stereocenters. The molecular formula is C16H12BrClN2.